The van der Waals surface area contributed by atoms with Gasteiger partial charge in [-0.3, -0.25) is 0 Å². The average molecular weight is 299 g/mol. The van der Waals surface area contributed by atoms with Crippen LogP contribution in [0.15, 0.2) is 23.1 Å². The molecular weight excluding hydrogens is 278 g/mol. The molecule has 1 atom stereocenters. The Bertz CT molecular complexity index is 570. The Morgan fingerprint density at radius 1 is 1.45 bits per heavy atom. The molecule has 0 amide bonds. The molecule has 7 heteroatoms. The number of aliphatic hydroxyl groups is 1. The number of hydrogen-bond donors (Lipinski definition) is 4. The lowest BCUT2D eigenvalue weighted by Crippen LogP contribution is -2.24. The monoisotopic (exact) mass is 299 g/mol. The average Bonchev–Trinajstić information content (AvgIpc) is 3.21. The third-order valence-electron chi connectivity index (χ3n) is 3.34. The van der Waals surface area contributed by atoms with E-state index in [0.29, 0.717) is 30.4 Å². The highest BCUT2D eigenvalue weighted by Crippen LogP contribution is 2.33. The molecule has 20 heavy (non-hydrogen) atoms. The number of benzene rings is 1. The van der Waals surface area contributed by atoms with Crippen molar-refractivity contribution in [3.05, 3.63) is 18.2 Å². The summed E-state index contributed by atoms with van der Waals surface area (Å²) in [7, 11) is -3.50. The number of nitrogens with two attached hydrogens (primary N) is 1. The van der Waals surface area contributed by atoms with Gasteiger partial charge in [-0.05, 0) is 37.0 Å². The standard InChI is InChI=1S/C13H21N3O3S/c1-2-16-20(18,19)10-5-6-11(14)12(7-10)15-8-13(17)9-3-4-9/h5-7,9,13,15-17H,2-4,8,14H2,1H3. The molecule has 0 bridgehead atoms. The first kappa shape index (κ1) is 15.1. The van der Waals surface area contributed by atoms with Crippen molar-refractivity contribution in [2.45, 2.75) is 30.8 Å². The summed E-state index contributed by atoms with van der Waals surface area (Å²) < 4.78 is 26.3. The lowest BCUT2D eigenvalue weighted by molar-refractivity contribution is 0.164. The molecule has 112 valence electrons. The molecule has 1 saturated carbocycles. The minimum Gasteiger partial charge on any atom is -0.397 e. The summed E-state index contributed by atoms with van der Waals surface area (Å²) in [5.74, 6) is 0.359. The number of aliphatic hydroxyl groups excluding tert-OH is 1. The predicted molar refractivity (Wildman–Crippen MR) is 78.9 cm³/mol. The molecule has 1 fully saturated rings. The summed E-state index contributed by atoms with van der Waals surface area (Å²) in [6, 6.07) is 4.51. The number of nitrogen functional groups attached to an aromatic ring is 1. The van der Waals surface area contributed by atoms with Crippen LogP contribution in [0.1, 0.15) is 19.8 Å². The first-order valence-electron chi connectivity index (χ1n) is 6.75. The Morgan fingerprint density at radius 3 is 2.75 bits per heavy atom. The molecule has 6 nitrogen and oxygen atoms in total. The van der Waals surface area contributed by atoms with E-state index in [2.05, 4.69) is 10.0 Å². The number of hydrogen-bond acceptors (Lipinski definition) is 5. The zero-order valence-electron chi connectivity index (χ0n) is 11.5. The Morgan fingerprint density at radius 2 is 2.15 bits per heavy atom. The van der Waals surface area contributed by atoms with Crippen molar-refractivity contribution in [3.8, 4) is 0 Å². The number of nitrogens with one attached hydrogen (secondary N) is 2. The van der Waals surface area contributed by atoms with Gasteiger partial charge >= 0.3 is 0 Å². The zero-order chi connectivity index (χ0) is 14.8. The third kappa shape index (κ3) is 3.62. The van der Waals surface area contributed by atoms with Crippen molar-refractivity contribution in [1.82, 2.24) is 4.72 Å². The van der Waals surface area contributed by atoms with Crippen molar-refractivity contribution >= 4 is 21.4 Å². The second kappa shape index (κ2) is 5.99. The minimum atomic E-state index is -3.50. The van der Waals surface area contributed by atoms with Crippen molar-refractivity contribution in [2.24, 2.45) is 5.92 Å². The number of anilines is 2. The quantitative estimate of drug-likeness (QED) is 0.556. The van der Waals surface area contributed by atoms with Gasteiger partial charge < -0.3 is 16.2 Å². The van der Waals surface area contributed by atoms with E-state index in [9.17, 15) is 13.5 Å². The first-order valence-corrected chi connectivity index (χ1v) is 8.23. The van der Waals surface area contributed by atoms with E-state index in [1.807, 2.05) is 0 Å². The Hall–Kier alpha value is -1.31. The van der Waals surface area contributed by atoms with Crippen LogP contribution in [-0.4, -0.2) is 32.7 Å². The largest absolute Gasteiger partial charge is 0.397 e. The highest BCUT2D eigenvalue weighted by molar-refractivity contribution is 7.89. The molecule has 1 aromatic rings. The van der Waals surface area contributed by atoms with Gasteiger partial charge in [0.1, 0.15) is 0 Å². The molecule has 0 saturated heterocycles. The summed E-state index contributed by atoms with van der Waals surface area (Å²) in [4.78, 5) is 0.164. The second-order valence-electron chi connectivity index (χ2n) is 5.04. The van der Waals surface area contributed by atoms with Gasteiger partial charge in [0.25, 0.3) is 0 Å². The zero-order valence-corrected chi connectivity index (χ0v) is 12.3. The lowest BCUT2D eigenvalue weighted by Gasteiger charge is -2.14. The van der Waals surface area contributed by atoms with Gasteiger partial charge in [-0.1, -0.05) is 6.92 Å². The molecule has 0 heterocycles. The van der Waals surface area contributed by atoms with Crippen LogP contribution in [-0.2, 0) is 10.0 Å². The fourth-order valence-corrected chi connectivity index (χ4v) is 3.06. The van der Waals surface area contributed by atoms with Gasteiger partial charge in [0.2, 0.25) is 10.0 Å². The number of rotatable bonds is 7. The first-order chi connectivity index (χ1) is 9.44. The minimum absolute atomic E-state index is 0.164. The van der Waals surface area contributed by atoms with Crippen LogP contribution in [0, 0.1) is 5.92 Å². The van der Waals surface area contributed by atoms with Crippen LogP contribution in [0.5, 0.6) is 0 Å². The Balaban J connectivity index is 2.11. The molecule has 0 spiro atoms. The molecule has 2 rings (SSSR count). The molecule has 0 aliphatic heterocycles. The van der Waals surface area contributed by atoms with Crippen LogP contribution >= 0.6 is 0 Å². The van der Waals surface area contributed by atoms with Gasteiger partial charge in [-0.15, -0.1) is 0 Å². The van der Waals surface area contributed by atoms with E-state index in [-0.39, 0.29) is 4.90 Å². The highest BCUT2D eigenvalue weighted by atomic mass is 32.2. The number of sulfonamides is 1. The molecule has 1 aromatic carbocycles. The SMILES string of the molecule is CCNS(=O)(=O)c1ccc(N)c(NCC(O)C2CC2)c1. The fraction of sp³-hybridized carbons (Fsp3) is 0.538. The van der Waals surface area contributed by atoms with Gasteiger partial charge in [-0.25, -0.2) is 13.1 Å². The van der Waals surface area contributed by atoms with Crippen molar-refractivity contribution in [2.75, 3.05) is 24.1 Å². The fourth-order valence-electron chi connectivity index (χ4n) is 1.99. The van der Waals surface area contributed by atoms with Gasteiger partial charge in [0.05, 0.1) is 22.4 Å². The molecule has 0 radical (unpaired) electrons. The normalized spacial score (nSPS) is 16.9. The maximum Gasteiger partial charge on any atom is 0.240 e. The Kier molecular flexibility index (Phi) is 4.52. The predicted octanol–water partition coefficient (Wildman–Crippen LogP) is 0.750. The second-order valence-corrected chi connectivity index (χ2v) is 6.80. The van der Waals surface area contributed by atoms with Crippen LogP contribution < -0.4 is 15.8 Å². The molecule has 5 N–H and O–H groups in total. The molecule has 0 aromatic heterocycles. The molecule has 1 aliphatic carbocycles. The van der Waals surface area contributed by atoms with E-state index >= 15 is 0 Å². The third-order valence-corrected chi connectivity index (χ3v) is 4.88. The van der Waals surface area contributed by atoms with Gasteiger partial charge in [0, 0.05) is 13.1 Å². The van der Waals surface area contributed by atoms with Crippen LogP contribution in [0.2, 0.25) is 0 Å². The maximum atomic E-state index is 11.9. The topological polar surface area (TPSA) is 104 Å². The molecular formula is C13H21N3O3S. The van der Waals surface area contributed by atoms with Crippen LogP contribution in [0.3, 0.4) is 0 Å². The van der Waals surface area contributed by atoms with Crippen molar-refractivity contribution in [3.63, 3.8) is 0 Å². The lowest BCUT2D eigenvalue weighted by atomic mass is 10.2. The maximum absolute atomic E-state index is 11.9. The van der Waals surface area contributed by atoms with Crippen LogP contribution in [0.4, 0.5) is 11.4 Å². The van der Waals surface area contributed by atoms with E-state index in [4.69, 9.17) is 5.73 Å². The van der Waals surface area contributed by atoms with Crippen molar-refractivity contribution in [1.29, 1.82) is 0 Å². The van der Waals surface area contributed by atoms with E-state index in [1.165, 1.54) is 12.1 Å². The van der Waals surface area contributed by atoms with E-state index in [1.54, 1.807) is 13.0 Å². The van der Waals surface area contributed by atoms with Crippen molar-refractivity contribution < 1.29 is 13.5 Å². The highest BCUT2D eigenvalue weighted by Gasteiger charge is 2.29. The summed E-state index contributed by atoms with van der Waals surface area (Å²) >= 11 is 0. The van der Waals surface area contributed by atoms with E-state index < -0.39 is 16.1 Å². The van der Waals surface area contributed by atoms with E-state index in [0.717, 1.165) is 12.8 Å². The van der Waals surface area contributed by atoms with Gasteiger partial charge in [-0.2, -0.15) is 0 Å². The van der Waals surface area contributed by atoms with Crippen LogP contribution in [0.25, 0.3) is 0 Å². The molecule has 1 unspecified atom stereocenters. The smallest absolute Gasteiger partial charge is 0.240 e. The molecule has 1 aliphatic rings. The summed E-state index contributed by atoms with van der Waals surface area (Å²) in [6.07, 6.45) is 1.68. The Labute approximate surface area is 119 Å². The van der Waals surface area contributed by atoms with Gasteiger partial charge in [0.15, 0.2) is 0 Å². The summed E-state index contributed by atoms with van der Waals surface area (Å²) in [5.41, 5.74) is 6.82. The summed E-state index contributed by atoms with van der Waals surface area (Å²) in [6.45, 7) is 2.43. The summed E-state index contributed by atoms with van der Waals surface area (Å²) in [5, 5.41) is 12.8.